The van der Waals surface area contributed by atoms with Crippen LogP contribution in [0.4, 0.5) is 0 Å². The van der Waals surface area contributed by atoms with Crippen LogP contribution in [0.15, 0.2) is 18.3 Å². The second-order valence-corrected chi connectivity index (χ2v) is 14.3. The molecule has 6 rings (SSSR count). The fourth-order valence-electron chi connectivity index (χ4n) is 10.1. The molecular weight excluding hydrogens is 454 g/mol. The number of hydrogen-bond acceptors (Lipinski definition) is 5. The van der Waals surface area contributed by atoms with Gasteiger partial charge in [0.2, 0.25) is 0 Å². The summed E-state index contributed by atoms with van der Waals surface area (Å²) >= 11 is 0. The highest BCUT2D eigenvalue weighted by atomic mass is 15.0. The fraction of sp³-hybridized carbons (Fsp3) is 0.750. The first-order valence-electron chi connectivity index (χ1n) is 15.0. The number of fused-ring (bicyclic) bond motifs is 6. The quantitative estimate of drug-likeness (QED) is 0.485. The van der Waals surface area contributed by atoms with Gasteiger partial charge < -0.3 is 17.2 Å². The van der Waals surface area contributed by atoms with Gasteiger partial charge in [0.25, 0.3) is 0 Å². The number of aromatic nitrogens is 2. The van der Waals surface area contributed by atoms with E-state index in [4.69, 9.17) is 27.2 Å². The molecule has 4 saturated carbocycles. The highest BCUT2D eigenvalue weighted by Crippen LogP contribution is 2.69. The molecule has 1 aromatic carbocycles. The molecule has 0 spiro atoms. The molecule has 4 aliphatic rings. The molecule has 5 nitrogen and oxygen atoms in total. The third kappa shape index (κ3) is 3.59. The molecule has 0 amide bonds. The third-order valence-electron chi connectivity index (χ3n) is 12.8. The van der Waals surface area contributed by atoms with Crippen LogP contribution >= 0.6 is 0 Å². The summed E-state index contributed by atoms with van der Waals surface area (Å²) in [7, 11) is 0. The van der Waals surface area contributed by atoms with Gasteiger partial charge >= 0.3 is 0 Å². The molecule has 2 aromatic rings. The Morgan fingerprint density at radius 2 is 1.54 bits per heavy atom. The summed E-state index contributed by atoms with van der Waals surface area (Å²) in [6.07, 6.45) is 16.7. The summed E-state index contributed by atoms with van der Waals surface area (Å²) in [5.41, 5.74) is 25.7. The van der Waals surface area contributed by atoms with Gasteiger partial charge in [-0.2, -0.15) is 0 Å². The Hall–Kier alpha value is -1.56. The van der Waals surface area contributed by atoms with Crippen LogP contribution in [-0.2, 0) is 6.42 Å². The zero-order chi connectivity index (χ0) is 26.3. The van der Waals surface area contributed by atoms with Crippen molar-refractivity contribution in [3.05, 3.63) is 35.3 Å². The maximum Gasteiger partial charge on any atom is 0.128 e. The lowest BCUT2D eigenvalue weighted by atomic mass is 9.39. The van der Waals surface area contributed by atoms with Gasteiger partial charge in [0, 0.05) is 34.6 Å². The number of aryl methyl sites for hydroxylation is 3. The van der Waals surface area contributed by atoms with Gasteiger partial charge in [-0.1, -0.05) is 26.7 Å². The average Bonchev–Trinajstić information content (AvgIpc) is 3.12. The Balaban J connectivity index is 1.19. The summed E-state index contributed by atoms with van der Waals surface area (Å²) < 4.78 is 0. The summed E-state index contributed by atoms with van der Waals surface area (Å²) in [6, 6.07) is 4.38. The van der Waals surface area contributed by atoms with E-state index in [9.17, 15) is 0 Å². The summed E-state index contributed by atoms with van der Waals surface area (Å²) in [4.78, 5) is 9.59. The van der Waals surface area contributed by atoms with Crippen molar-refractivity contribution in [2.24, 2.45) is 39.9 Å². The Morgan fingerprint density at radius 1 is 0.838 bits per heavy atom. The normalized spacial score (nSPS) is 43.3. The van der Waals surface area contributed by atoms with Gasteiger partial charge in [-0.15, -0.1) is 0 Å². The molecule has 6 unspecified atom stereocenters. The van der Waals surface area contributed by atoms with Crippen molar-refractivity contribution in [1.82, 2.24) is 9.97 Å². The van der Waals surface area contributed by atoms with E-state index in [0.29, 0.717) is 11.8 Å². The number of rotatable bonds is 4. The lowest BCUT2D eigenvalue weighted by Gasteiger charge is -2.68. The van der Waals surface area contributed by atoms with Crippen molar-refractivity contribution in [2.75, 3.05) is 0 Å². The molecule has 4 fully saturated rings. The van der Waals surface area contributed by atoms with Crippen LogP contribution in [0.2, 0.25) is 0 Å². The van der Waals surface area contributed by atoms with E-state index in [2.05, 4.69) is 39.8 Å². The molecule has 4 aliphatic carbocycles. The Morgan fingerprint density at radius 3 is 2.35 bits per heavy atom. The molecule has 1 heterocycles. The summed E-state index contributed by atoms with van der Waals surface area (Å²) in [5.74, 6) is 1.96. The van der Waals surface area contributed by atoms with Crippen molar-refractivity contribution < 1.29 is 0 Å². The molecular formula is C32H49N5. The van der Waals surface area contributed by atoms with Gasteiger partial charge in [-0.05, 0) is 124 Å². The highest BCUT2D eigenvalue weighted by molar-refractivity contribution is 5.79. The van der Waals surface area contributed by atoms with E-state index < -0.39 is 0 Å². The number of nitrogens with zero attached hydrogens (tertiary/aromatic N) is 2. The van der Waals surface area contributed by atoms with Crippen LogP contribution in [0.25, 0.3) is 10.9 Å². The van der Waals surface area contributed by atoms with E-state index in [1.54, 1.807) is 0 Å². The highest BCUT2D eigenvalue weighted by Gasteiger charge is 2.70. The van der Waals surface area contributed by atoms with Crippen LogP contribution in [0.5, 0.6) is 0 Å². The van der Waals surface area contributed by atoms with Crippen LogP contribution < -0.4 is 17.2 Å². The maximum absolute atomic E-state index is 7.57. The predicted octanol–water partition coefficient (Wildman–Crippen LogP) is 5.86. The second-order valence-electron chi connectivity index (χ2n) is 14.3. The van der Waals surface area contributed by atoms with E-state index >= 15 is 0 Å². The number of hydrogen-bond donors (Lipinski definition) is 3. The molecule has 37 heavy (non-hydrogen) atoms. The van der Waals surface area contributed by atoms with Crippen molar-refractivity contribution in [3.8, 4) is 0 Å². The van der Waals surface area contributed by atoms with Crippen molar-refractivity contribution in [2.45, 2.75) is 128 Å². The minimum atomic E-state index is -0.162. The zero-order valence-corrected chi connectivity index (χ0v) is 23.7. The van der Waals surface area contributed by atoms with Crippen molar-refractivity contribution in [1.29, 1.82) is 0 Å². The molecule has 7 atom stereocenters. The molecule has 0 saturated heterocycles. The largest absolute Gasteiger partial charge is 0.325 e. The summed E-state index contributed by atoms with van der Waals surface area (Å²) in [5, 5.41) is 1.12. The van der Waals surface area contributed by atoms with Crippen molar-refractivity contribution in [3.63, 3.8) is 0 Å². The lowest BCUT2D eigenvalue weighted by molar-refractivity contribution is -0.138. The van der Waals surface area contributed by atoms with Gasteiger partial charge in [0.1, 0.15) is 5.82 Å². The topological polar surface area (TPSA) is 104 Å². The maximum atomic E-state index is 7.57. The van der Waals surface area contributed by atoms with Gasteiger partial charge in [-0.3, -0.25) is 0 Å². The first kappa shape index (κ1) is 25.7. The number of nitrogens with two attached hydrogens (primary N) is 3. The minimum Gasteiger partial charge on any atom is -0.325 e. The SMILES string of the molecule is Cc1cc2cnc(CCC[C@@]3(N)CCC4C5(N)CCC6(N)CCCCC6(C)C5CCC43C)nc2cc1C. The molecule has 5 heteroatoms. The van der Waals surface area contributed by atoms with E-state index in [0.717, 1.165) is 55.3 Å². The van der Waals surface area contributed by atoms with Crippen LogP contribution in [0.1, 0.15) is 108 Å². The van der Waals surface area contributed by atoms with Gasteiger partial charge in [0.15, 0.2) is 0 Å². The first-order valence-corrected chi connectivity index (χ1v) is 15.0. The molecule has 0 aliphatic heterocycles. The van der Waals surface area contributed by atoms with Crippen LogP contribution in [-0.4, -0.2) is 26.6 Å². The van der Waals surface area contributed by atoms with E-state index in [1.165, 1.54) is 56.1 Å². The standard InChI is InChI=1S/C32H49N5/c1-21-18-23-20-36-27(37-24(23)19-22(21)2)8-7-13-30(33)15-10-26-29(30,4)14-9-25-28(3)11-5-6-12-31(28,34)16-17-32(25,26)35/h18-20,25-26H,5-17,33-35H2,1-4H3/t25?,26?,28?,29?,30-,31?,32?/m1/s1. The lowest BCUT2D eigenvalue weighted by Crippen LogP contribution is -2.75. The first-order chi connectivity index (χ1) is 17.4. The summed E-state index contributed by atoms with van der Waals surface area (Å²) in [6.45, 7) is 9.28. The minimum absolute atomic E-state index is 0.0258. The Bertz CT molecular complexity index is 1210. The Labute approximate surface area is 223 Å². The molecule has 0 radical (unpaired) electrons. The van der Waals surface area contributed by atoms with E-state index in [-0.39, 0.29) is 27.4 Å². The Kier molecular flexibility index (Phi) is 5.88. The number of benzene rings is 1. The van der Waals surface area contributed by atoms with Gasteiger partial charge in [-0.25, -0.2) is 9.97 Å². The van der Waals surface area contributed by atoms with E-state index in [1.807, 2.05) is 6.20 Å². The molecule has 1 aromatic heterocycles. The molecule has 202 valence electrons. The van der Waals surface area contributed by atoms with Crippen LogP contribution in [0.3, 0.4) is 0 Å². The third-order valence-corrected chi connectivity index (χ3v) is 12.8. The molecule has 6 N–H and O–H groups in total. The predicted molar refractivity (Wildman–Crippen MR) is 152 cm³/mol. The van der Waals surface area contributed by atoms with Crippen molar-refractivity contribution >= 4 is 10.9 Å². The monoisotopic (exact) mass is 503 g/mol. The smallest absolute Gasteiger partial charge is 0.128 e. The average molecular weight is 504 g/mol. The fourth-order valence-corrected chi connectivity index (χ4v) is 10.1. The van der Waals surface area contributed by atoms with Gasteiger partial charge in [0.05, 0.1) is 5.52 Å². The molecule has 0 bridgehead atoms. The zero-order valence-electron chi connectivity index (χ0n) is 23.7. The second kappa shape index (κ2) is 8.47. The van der Waals surface area contributed by atoms with Crippen LogP contribution in [0, 0.1) is 36.5 Å².